The van der Waals surface area contributed by atoms with E-state index in [1.807, 2.05) is 25.1 Å². The number of aryl methyl sites for hydroxylation is 1. The van der Waals surface area contributed by atoms with Gasteiger partial charge >= 0.3 is 0 Å². The van der Waals surface area contributed by atoms with Crippen LogP contribution >= 0.6 is 11.6 Å². The standard InChI is InChI=1S/C34H41ClN2O6S.C6H14N2O/c1-22-6-4-15-34(20-38,42-3)29-11-8-26(29)18-37-19-33(14-5-7-24-16-27(35)10-12-28(24)33)21-43-31-13-9-25(17-30(31)37)32(39)36-44(40,41)23(22)2;9-6-5-8-3-1-7-2-4-8/h4,9-10,12-13,15-17,20,22-23,26,29H,5-8,11,14,18-19,21H2,1-3H3,(H,36,39);7,9H,1-6H2/b15-4+;/t22-,23+,26-,29+,33-,34+;/m0./s1. The lowest BCUT2D eigenvalue weighted by atomic mass is 9.64. The number of carbonyl (C=O) groups excluding carboxylic acids is 2. The van der Waals surface area contributed by atoms with Gasteiger partial charge in [0.15, 0.2) is 6.29 Å². The van der Waals surface area contributed by atoms with Crippen LogP contribution in [0, 0.1) is 17.8 Å². The van der Waals surface area contributed by atoms with Crippen LogP contribution in [0.1, 0.15) is 67.4 Å². The maximum absolute atomic E-state index is 13.4. The molecule has 3 heterocycles. The Labute approximate surface area is 319 Å². The first-order chi connectivity index (χ1) is 25.4. The van der Waals surface area contributed by atoms with Crippen LogP contribution in [0.5, 0.6) is 5.75 Å². The lowest BCUT2D eigenvalue weighted by molar-refractivity contribution is -0.135. The minimum atomic E-state index is -3.97. The monoisotopic (exact) mass is 770 g/mol. The number of carbonyl (C=O) groups is 2. The van der Waals surface area contributed by atoms with Crippen LogP contribution in [-0.2, 0) is 31.4 Å². The molecule has 0 unspecified atom stereocenters. The molecule has 0 aromatic heterocycles. The Morgan fingerprint density at radius 3 is 2.62 bits per heavy atom. The Morgan fingerprint density at radius 2 is 1.92 bits per heavy atom. The van der Waals surface area contributed by atoms with Crippen molar-refractivity contribution in [2.45, 2.75) is 68.6 Å². The number of allylic oxidation sites excluding steroid dienone is 1. The highest BCUT2D eigenvalue weighted by molar-refractivity contribution is 7.90. The number of aliphatic hydroxyl groups excluding tert-OH is 1. The Hall–Kier alpha value is -3.00. The summed E-state index contributed by atoms with van der Waals surface area (Å²) >= 11 is 6.40. The summed E-state index contributed by atoms with van der Waals surface area (Å²) in [6, 6.07) is 11.3. The largest absolute Gasteiger partial charge is 0.490 e. The van der Waals surface area contributed by atoms with Crippen molar-refractivity contribution >= 4 is 39.5 Å². The number of aliphatic hydroxyl groups is 1. The van der Waals surface area contributed by atoms with Crippen molar-refractivity contribution in [3.8, 4) is 5.75 Å². The number of fused-ring (bicyclic) bond motifs is 4. The summed E-state index contributed by atoms with van der Waals surface area (Å²) < 4.78 is 41.3. The van der Waals surface area contributed by atoms with Crippen molar-refractivity contribution in [2.24, 2.45) is 17.8 Å². The molecule has 1 spiro atoms. The SMILES string of the molecule is CO[C@@]1(C=O)/C=C/C[C@H](C)[C@@H](C)S(=O)(=O)NC(=O)c2ccc3c(c2)N(C[C@@H]2CC[C@H]21)C[C@@]1(CCCc2cc(Cl)ccc21)CO3.OCCN1CCNCC1. The molecule has 2 fully saturated rings. The number of β-amino-alcohol motifs (C(OH)–C–C–N with tert-alkyl or cyclic N) is 1. The minimum Gasteiger partial charge on any atom is -0.490 e. The van der Waals surface area contributed by atoms with Crippen molar-refractivity contribution in [2.75, 3.05) is 71.0 Å². The van der Waals surface area contributed by atoms with Gasteiger partial charge in [0.05, 0.1) is 24.2 Å². The molecule has 2 bridgehead atoms. The van der Waals surface area contributed by atoms with Gasteiger partial charge in [0.1, 0.15) is 11.4 Å². The number of ether oxygens (including phenoxy) is 2. The fraction of sp³-hybridized carbons (Fsp3) is 0.600. The van der Waals surface area contributed by atoms with Gasteiger partial charge in [-0.3, -0.25) is 14.5 Å². The fourth-order valence-electron chi connectivity index (χ4n) is 8.76. The van der Waals surface area contributed by atoms with Crippen molar-refractivity contribution in [1.82, 2.24) is 14.9 Å². The number of amides is 1. The van der Waals surface area contributed by atoms with Crippen LogP contribution in [0.2, 0.25) is 5.02 Å². The minimum absolute atomic E-state index is 0.0434. The second kappa shape index (κ2) is 16.8. The zero-order valence-electron chi connectivity index (χ0n) is 31.2. The number of aldehydes is 1. The van der Waals surface area contributed by atoms with Gasteiger partial charge in [-0.2, -0.15) is 0 Å². The van der Waals surface area contributed by atoms with Gasteiger partial charge in [0.25, 0.3) is 5.91 Å². The summed E-state index contributed by atoms with van der Waals surface area (Å²) in [5.41, 5.74) is 2.05. The maximum atomic E-state index is 13.4. The van der Waals surface area contributed by atoms with Crippen molar-refractivity contribution in [1.29, 1.82) is 0 Å². The molecule has 53 heavy (non-hydrogen) atoms. The summed E-state index contributed by atoms with van der Waals surface area (Å²) in [6.07, 6.45) is 9.65. The number of sulfonamides is 1. The molecule has 2 aliphatic carbocycles. The highest BCUT2D eigenvalue weighted by atomic mass is 35.5. The molecule has 1 saturated carbocycles. The molecule has 3 aliphatic heterocycles. The van der Waals surface area contributed by atoms with Gasteiger partial charge in [-0.15, -0.1) is 0 Å². The number of hydrogen-bond donors (Lipinski definition) is 3. The van der Waals surface area contributed by atoms with Crippen molar-refractivity contribution in [3.05, 3.63) is 70.3 Å². The lowest BCUT2D eigenvalue weighted by Crippen LogP contribution is -2.53. The molecule has 13 heteroatoms. The molecule has 1 saturated heterocycles. The van der Waals surface area contributed by atoms with E-state index >= 15 is 0 Å². The van der Waals surface area contributed by atoms with E-state index in [1.54, 1.807) is 32.2 Å². The first-order valence-corrected chi connectivity index (χ1v) is 21.0. The predicted octanol–water partition coefficient (Wildman–Crippen LogP) is 4.35. The first-order valence-electron chi connectivity index (χ1n) is 19.0. The highest BCUT2D eigenvalue weighted by Crippen LogP contribution is 2.48. The average Bonchev–Trinajstić information content (AvgIpc) is 3.29. The summed E-state index contributed by atoms with van der Waals surface area (Å²) in [5, 5.41) is 11.7. The molecule has 2 aromatic carbocycles. The Balaban J connectivity index is 0.000000468. The summed E-state index contributed by atoms with van der Waals surface area (Å²) in [5.74, 6) is -0.203. The van der Waals surface area contributed by atoms with Gasteiger partial charge in [0, 0.05) is 74.8 Å². The topological polar surface area (TPSA) is 138 Å². The van der Waals surface area contributed by atoms with Crippen LogP contribution in [0.25, 0.3) is 0 Å². The number of methoxy groups -OCH3 is 1. The first kappa shape index (κ1) is 39.7. The number of nitrogens with zero attached hydrogens (tertiary/aromatic N) is 2. The molecule has 5 aliphatic rings. The van der Waals surface area contributed by atoms with Crippen molar-refractivity contribution < 1.29 is 32.6 Å². The van der Waals surface area contributed by atoms with Crippen LogP contribution in [0.15, 0.2) is 48.6 Å². The number of rotatable bonds is 4. The van der Waals surface area contributed by atoms with Gasteiger partial charge in [-0.25, -0.2) is 13.1 Å². The fourth-order valence-corrected chi connectivity index (χ4v) is 10.2. The normalized spacial score (nSPS) is 31.9. The zero-order chi connectivity index (χ0) is 37.8. The molecule has 2 aromatic rings. The molecule has 1 amide bonds. The van der Waals surface area contributed by atoms with E-state index in [0.29, 0.717) is 43.5 Å². The average molecular weight is 771 g/mol. The number of nitrogens with one attached hydrogen (secondary N) is 2. The van der Waals surface area contributed by atoms with Gasteiger partial charge in [0.2, 0.25) is 10.0 Å². The van der Waals surface area contributed by atoms with E-state index < -0.39 is 26.8 Å². The zero-order valence-corrected chi connectivity index (χ0v) is 32.8. The number of halogens is 1. The van der Waals surface area contributed by atoms with Gasteiger partial charge in [-0.05, 0) is 105 Å². The molecule has 7 rings (SSSR count). The molecule has 0 radical (unpaired) electrons. The van der Waals surface area contributed by atoms with E-state index in [4.69, 9.17) is 26.2 Å². The maximum Gasteiger partial charge on any atom is 0.264 e. The lowest BCUT2D eigenvalue weighted by Gasteiger charge is -2.48. The Kier molecular flexibility index (Phi) is 12.6. The third-order valence-corrected chi connectivity index (χ3v) is 14.5. The Morgan fingerprint density at radius 1 is 1.13 bits per heavy atom. The molecular formula is C40H55ClN4O7S. The van der Waals surface area contributed by atoms with Crippen LogP contribution in [-0.4, -0.2) is 108 Å². The third kappa shape index (κ3) is 8.48. The van der Waals surface area contributed by atoms with Crippen LogP contribution in [0.4, 0.5) is 5.69 Å². The third-order valence-electron chi connectivity index (χ3n) is 12.3. The van der Waals surface area contributed by atoms with Gasteiger partial charge in [-0.1, -0.05) is 30.7 Å². The number of anilines is 1. The smallest absolute Gasteiger partial charge is 0.264 e. The number of piperazine rings is 1. The second-order valence-electron chi connectivity index (χ2n) is 15.5. The molecule has 3 N–H and O–H groups in total. The van der Waals surface area contributed by atoms with Crippen LogP contribution in [0.3, 0.4) is 0 Å². The van der Waals surface area contributed by atoms with Gasteiger partial charge < -0.3 is 24.8 Å². The number of hydrogen-bond acceptors (Lipinski definition) is 10. The quantitative estimate of drug-likeness (QED) is 0.304. The Bertz CT molecular complexity index is 1770. The summed E-state index contributed by atoms with van der Waals surface area (Å²) in [7, 11) is -2.41. The van der Waals surface area contributed by atoms with Crippen molar-refractivity contribution in [3.63, 3.8) is 0 Å². The van der Waals surface area contributed by atoms with E-state index in [9.17, 15) is 18.0 Å². The highest BCUT2D eigenvalue weighted by Gasteiger charge is 2.49. The predicted molar refractivity (Wildman–Crippen MR) is 207 cm³/mol. The van der Waals surface area contributed by atoms with E-state index in [2.05, 4.69) is 32.0 Å². The second-order valence-corrected chi connectivity index (χ2v) is 18.0. The molecular weight excluding hydrogens is 716 g/mol. The molecule has 11 nitrogen and oxygen atoms in total. The molecule has 290 valence electrons. The van der Waals surface area contributed by atoms with E-state index in [1.165, 1.54) is 11.1 Å². The number of benzene rings is 2. The van der Waals surface area contributed by atoms with E-state index in [0.717, 1.165) is 76.8 Å². The van der Waals surface area contributed by atoms with E-state index in [-0.39, 0.29) is 28.7 Å². The molecule has 6 atom stereocenters. The summed E-state index contributed by atoms with van der Waals surface area (Å²) in [4.78, 5) is 30.6. The van der Waals surface area contributed by atoms with Crippen LogP contribution < -0.4 is 19.7 Å². The summed E-state index contributed by atoms with van der Waals surface area (Å²) in [6.45, 7) is 10.6.